The Balaban J connectivity index is 2.04. The van der Waals surface area contributed by atoms with Gasteiger partial charge in [0, 0.05) is 18.6 Å². The van der Waals surface area contributed by atoms with Gasteiger partial charge in [-0.25, -0.2) is 8.42 Å². The van der Waals surface area contributed by atoms with Crippen LogP contribution in [-0.4, -0.2) is 51.9 Å². The number of aryl methyl sites for hydroxylation is 2. The average molecular weight is 558 g/mol. The van der Waals surface area contributed by atoms with Gasteiger partial charge in [0.15, 0.2) is 0 Å². The molecule has 0 saturated carbocycles. The molecule has 0 aliphatic rings. The number of benzene rings is 3. The molecular weight excluding hydrogens is 526 g/mol. The molecule has 1 N–H and O–H groups in total. The number of ether oxygens (including phenoxy) is 1. The van der Waals surface area contributed by atoms with Gasteiger partial charge in [-0.2, -0.15) is 0 Å². The van der Waals surface area contributed by atoms with E-state index in [-0.39, 0.29) is 17.3 Å². The Bertz CT molecular complexity index is 1390. The fraction of sp³-hybridized carbons (Fsp3) is 0.286. The molecule has 3 rings (SSSR count). The van der Waals surface area contributed by atoms with Crippen molar-refractivity contribution in [3.05, 3.63) is 88.4 Å². The second kappa shape index (κ2) is 12.3. The largest absolute Gasteiger partial charge is 0.497 e. The Labute approximate surface area is 229 Å². The Hall–Kier alpha value is -3.56. The monoisotopic (exact) mass is 557 g/mol. The molecule has 3 aromatic carbocycles. The molecule has 0 unspecified atom stereocenters. The number of anilines is 1. The normalized spacial score (nSPS) is 11.9. The van der Waals surface area contributed by atoms with E-state index in [2.05, 4.69) is 5.32 Å². The first-order valence-electron chi connectivity index (χ1n) is 12.0. The predicted molar refractivity (Wildman–Crippen MR) is 149 cm³/mol. The summed E-state index contributed by atoms with van der Waals surface area (Å²) in [5, 5.41) is 2.96. The number of carbonyl (C=O) groups is 2. The highest BCUT2D eigenvalue weighted by Crippen LogP contribution is 2.27. The lowest BCUT2D eigenvalue weighted by Crippen LogP contribution is -2.50. The van der Waals surface area contributed by atoms with Crippen molar-refractivity contribution < 1.29 is 22.7 Å². The zero-order valence-electron chi connectivity index (χ0n) is 22.1. The molecule has 0 radical (unpaired) electrons. The first-order valence-corrected chi connectivity index (χ1v) is 13.8. The number of nitrogens with one attached hydrogen (secondary N) is 1. The van der Waals surface area contributed by atoms with Gasteiger partial charge in [-0.05, 0) is 86.0 Å². The third-order valence-electron chi connectivity index (χ3n) is 6.38. The maximum Gasteiger partial charge on any atom is 0.264 e. The second-order valence-corrected chi connectivity index (χ2v) is 11.2. The molecule has 0 aromatic heterocycles. The highest BCUT2D eigenvalue weighted by molar-refractivity contribution is 7.92. The number of methoxy groups -OCH3 is 1. The Morgan fingerprint density at radius 1 is 0.974 bits per heavy atom. The van der Waals surface area contributed by atoms with E-state index in [1.54, 1.807) is 50.4 Å². The molecule has 0 saturated heterocycles. The smallest absolute Gasteiger partial charge is 0.264 e. The zero-order chi connectivity index (χ0) is 28.0. The number of amides is 2. The summed E-state index contributed by atoms with van der Waals surface area (Å²) in [6.45, 7) is 4.99. The number of hydrogen-bond acceptors (Lipinski definition) is 5. The van der Waals surface area contributed by atoms with Crippen molar-refractivity contribution in [3.8, 4) is 5.75 Å². The van der Waals surface area contributed by atoms with Crippen LogP contribution in [-0.2, 0) is 26.2 Å². The van der Waals surface area contributed by atoms with Crippen molar-refractivity contribution in [3.63, 3.8) is 0 Å². The van der Waals surface area contributed by atoms with Crippen LogP contribution in [0.2, 0.25) is 5.02 Å². The van der Waals surface area contributed by atoms with Crippen LogP contribution in [0, 0.1) is 13.8 Å². The molecule has 0 bridgehead atoms. The molecule has 1 atom stereocenters. The molecule has 38 heavy (non-hydrogen) atoms. The Morgan fingerprint density at radius 2 is 1.61 bits per heavy atom. The van der Waals surface area contributed by atoms with Gasteiger partial charge in [0.1, 0.15) is 18.3 Å². The average Bonchev–Trinajstić information content (AvgIpc) is 2.91. The molecule has 0 heterocycles. The van der Waals surface area contributed by atoms with Gasteiger partial charge in [-0.15, -0.1) is 0 Å². The van der Waals surface area contributed by atoms with Crippen molar-refractivity contribution in [2.24, 2.45) is 0 Å². The first kappa shape index (κ1) is 29.0. The van der Waals surface area contributed by atoms with Crippen LogP contribution >= 0.6 is 11.6 Å². The second-order valence-electron chi connectivity index (χ2n) is 8.89. The topological polar surface area (TPSA) is 96.0 Å². The SMILES string of the molecule is CNC(=O)[C@@H](C)N(Cc1ccc(OC)cc1)C(=O)CN(c1ccc(C)c(C)c1)S(=O)(=O)c1ccc(Cl)cc1. The van der Waals surface area contributed by atoms with E-state index in [4.69, 9.17) is 16.3 Å². The van der Waals surface area contributed by atoms with Crippen molar-refractivity contribution in [1.82, 2.24) is 10.2 Å². The van der Waals surface area contributed by atoms with Crippen molar-refractivity contribution >= 4 is 39.1 Å². The standard InChI is InChI=1S/C28H32ClN3O5S/c1-19-6-11-24(16-20(19)2)32(38(35,36)26-14-9-23(29)10-15-26)18-27(33)31(21(3)28(34)30-4)17-22-7-12-25(37-5)13-8-22/h6-16,21H,17-18H2,1-5H3,(H,30,34)/t21-/m1/s1. The number of likely N-dealkylation sites (N-methyl/N-ethyl adjacent to an activating group) is 1. The van der Waals surface area contributed by atoms with Crippen LogP contribution in [0.4, 0.5) is 5.69 Å². The van der Waals surface area contributed by atoms with Gasteiger partial charge in [0.2, 0.25) is 11.8 Å². The molecule has 10 heteroatoms. The summed E-state index contributed by atoms with van der Waals surface area (Å²) < 4.78 is 33.9. The molecule has 8 nitrogen and oxygen atoms in total. The lowest BCUT2D eigenvalue weighted by molar-refractivity contribution is -0.139. The van der Waals surface area contributed by atoms with Gasteiger partial charge in [0.05, 0.1) is 17.7 Å². The third kappa shape index (κ3) is 6.65. The molecule has 2 amide bonds. The summed E-state index contributed by atoms with van der Waals surface area (Å²) in [6, 6.07) is 17.2. The van der Waals surface area contributed by atoms with Gasteiger partial charge < -0.3 is 15.0 Å². The van der Waals surface area contributed by atoms with E-state index in [1.807, 2.05) is 19.9 Å². The lowest BCUT2D eigenvalue weighted by Gasteiger charge is -2.32. The van der Waals surface area contributed by atoms with E-state index in [0.29, 0.717) is 16.5 Å². The summed E-state index contributed by atoms with van der Waals surface area (Å²) in [5.41, 5.74) is 2.96. The number of rotatable bonds is 10. The van der Waals surface area contributed by atoms with Gasteiger partial charge in [0.25, 0.3) is 10.0 Å². The van der Waals surface area contributed by atoms with Crippen molar-refractivity contribution in [2.75, 3.05) is 25.0 Å². The minimum atomic E-state index is -4.15. The van der Waals surface area contributed by atoms with E-state index >= 15 is 0 Å². The molecular formula is C28H32ClN3O5S. The molecule has 0 aliphatic heterocycles. The number of hydrogen-bond donors (Lipinski definition) is 1. The predicted octanol–water partition coefficient (Wildman–Crippen LogP) is 4.32. The fourth-order valence-electron chi connectivity index (χ4n) is 3.86. The third-order valence-corrected chi connectivity index (χ3v) is 8.42. The minimum absolute atomic E-state index is 0.00557. The minimum Gasteiger partial charge on any atom is -0.497 e. The van der Waals surface area contributed by atoms with E-state index in [9.17, 15) is 18.0 Å². The molecule has 0 fully saturated rings. The van der Waals surface area contributed by atoms with E-state index in [0.717, 1.165) is 21.0 Å². The highest BCUT2D eigenvalue weighted by atomic mass is 35.5. The lowest BCUT2D eigenvalue weighted by atomic mass is 10.1. The highest BCUT2D eigenvalue weighted by Gasteiger charge is 2.32. The fourth-order valence-corrected chi connectivity index (χ4v) is 5.39. The van der Waals surface area contributed by atoms with Crippen molar-refractivity contribution in [2.45, 2.75) is 38.3 Å². The summed E-state index contributed by atoms with van der Waals surface area (Å²) in [6.07, 6.45) is 0. The van der Waals surface area contributed by atoms with Crippen molar-refractivity contribution in [1.29, 1.82) is 0 Å². The quantitative estimate of drug-likeness (QED) is 0.400. The van der Waals surface area contributed by atoms with E-state index in [1.165, 1.54) is 36.2 Å². The summed E-state index contributed by atoms with van der Waals surface area (Å²) >= 11 is 5.98. The van der Waals surface area contributed by atoms with Gasteiger partial charge in [-0.3, -0.25) is 13.9 Å². The number of nitrogens with zero attached hydrogens (tertiary/aromatic N) is 2. The summed E-state index contributed by atoms with van der Waals surface area (Å²) in [7, 11) is -1.11. The Morgan fingerprint density at radius 3 is 2.16 bits per heavy atom. The van der Waals surface area contributed by atoms with Crippen LogP contribution in [0.25, 0.3) is 0 Å². The van der Waals surface area contributed by atoms with Crippen LogP contribution in [0.1, 0.15) is 23.6 Å². The molecule has 0 aliphatic carbocycles. The van der Waals surface area contributed by atoms with Crippen LogP contribution < -0.4 is 14.4 Å². The number of sulfonamides is 1. The van der Waals surface area contributed by atoms with Gasteiger partial charge in [-0.1, -0.05) is 29.8 Å². The number of halogens is 1. The molecule has 3 aromatic rings. The maximum atomic E-state index is 13.8. The first-order chi connectivity index (χ1) is 18.0. The molecule has 202 valence electrons. The number of carbonyl (C=O) groups excluding carboxylic acids is 2. The van der Waals surface area contributed by atoms with Crippen LogP contribution in [0.5, 0.6) is 5.75 Å². The van der Waals surface area contributed by atoms with Crippen LogP contribution in [0.3, 0.4) is 0 Å². The summed E-state index contributed by atoms with van der Waals surface area (Å²) in [4.78, 5) is 27.7. The van der Waals surface area contributed by atoms with Crippen LogP contribution in [0.15, 0.2) is 71.6 Å². The summed E-state index contributed by atoms with van der Waals surface area (Å²) in [5.74, 6) is -0.251. The maximum absolute atomic E-state index is 13.8. The molecule has 0 spiro atoms. The zero-order valence-corrected chi connectivity index (χ0v) is 23.6. The van der Waals surface area contributed by atoms with E-state index < -0.39 is 28.5 Å². The van der Waals surface area contributed by atoms with Gasteiger partial charge >= 0.3 is 0 Å². The Kier molecular flexibility index (Phi) is 9.40.